The van der Waals surface area contributed by atoms with Crippen molar-refractivity contribution in [1.82, 2.24) is 14.5 Å². The summed E-state index contributed by atoms with van der Waals surface area (Å²) in [5, 5.41) is 0. The van der Waals surface area contributed by atoms with Crippen molar-refractivity contribution in [3.05, 3.63) is 34.7 Å². The predicted molar refractivity (Wildman–Crippen MR) is 77.5 cm³/mol. The minimum Gasteiger partial charge on any atom is -0.360 e. The molecule has 1 saturated heterocycles. The minimum absolute atomic E-state index is 0.0349. The normalized spacial score (nSPS) is 16.8. The second kappa shape index (κ2) is 5.15. The smallest absolute Gasteiger partial charge is 0.251 e. The maximum atomic E-state index is 12.3. The van der Waals surface area contributed by atoms with Gasteiger partial charge in [-0.15, -0.1) is 0 Å². The highest BCUT2D eigenvalue weighted by atomic mass is 16.2. The number of fused-ring (bicyclic) bond motifs is 1. The maximum absolute atomic E-state index is 12.3. The van der Waals surface area contributed by atoms with E-state index in [1.807, 2.05) is 11.0 Å². The van der Waals surface area contributed by atoms with Crippen LogP contribution in [0.1, 0.15) is 19.8 Å². The summed E-state index contributed by atoms with van der Waals surface area (Å²) in [4.78, 5) is 29.3. The van der Waals surface area contributed by atoms with Crippen LogP contribution in [0.2, 0.25) is 0 Å². The van der Waals surface area contributed by atoms with Crippen molar-refractivity contribution in [3.63, 3.8) is 0 Å². The van der Waals surface area contributed by atoms with Crippen molar-refractivity contribution in [2.24, 2.45) is 5.92 Å². The van der Waals surface area contributed by atoms with Crippen LogP contribution in [-0.4, -0.2) is 33.4 Å². The topological polar surface area (TPSA) is 58.1 Å². The minimum atomic E-state index is -0.129. The first-order valence-electron chi connectivity index (χ1n) is 7.10. The molecule has 1 aliphatic rings. The van der Waals surface area contributed by atoms with Crippen molar-refractivity contribution >= 4 is 16.9 Å². The predicted octanol–water partition coefficient (Wildman–Crippen LogP) is 1.59. The summed E-state index contributed by atoms with van der Waals surface area (Å²) in [6.07, 6.45) is 3.89. The van der Waals surface area contributed by atoms with Crippen LogP contribution in [0.25, 0.3) is 11.0 Å². The number of carbonyl (C=O) groups excluding carboxylic acids is 1. The number of H-pyrrole nitrogens is 1. The Morgan fingerprint density at radius 3 is 2.80 bits per heavy atom. The Kier molecular flexibility index (Phi) is 3.34. The van der Waals surface area contributed by atoms with Crippen LogP contribution in [-0.2, 0) is 11.3 Å². The van der Waals surface area contributed by atoms with Crippen LogP contribution in [0.5, 0.6) is 0 Å². The molecule has 1 fully saturated rings. The van der Waals surface area contributed by atoms with Gasteiger partial charge in [0.05, 0.1) is 11.0 Å². The number of hydrogen-bond acceptors (Lipinski definition) is 2. The Hall–Kier alpha value is -2.04. The van der Waals surface area contributed by atoms with Crippen molar-refractivity contribution < 1.29 is 4.79 Å². The molecular formula is C15H19N3O2. The first kappa shape index (κ1) is 13.0. The summed E-state index contributed by atoms with van der Waals surface area (Å²) in [7, 11) is 0. The van der Waals surface area contributed by atoms with Crippen LogP contribution in [0, 0.1) is 5.92 Å². The van der Waals surface area contributed by atoms with E-state index >= 15 is 0 Å². The van der Waals surface area contributed by atoms with Gasteiger partial charge in [-0.05, 0) is 30.9 Å². The summed E-state index contributed by atoms with van der Waals surface area (Å²) in [5.74, 6) is 0.725. The zero-order valence-electron chi connectivity index (χ0n) is 11.6. The van der Waals surface area contributed by atoms with Crippen LogP contribution in [0.4, 0.5) is 0 Å². The van der Waals surface area contributed by atoms with Gasteiger partial charge in [-0.2, -0.15) is 0 Å². The Morgan fingerprint density at radius 2 is 2.05 bits per heavy atom. The third-order valence-electron chi connectivity index (χ3n) is 4.14. The Bertz CT molecular complexity index is 678. The molecule has 3 rings (SSSR count). The quantitative estimate of drug-likeness (QED) is 0.903. The van der Waals surface area contributed by atoms with Gasteiger partial charge in [0, 0.05) is 25.4 Å². The Balaban J connectivity index is 1.82. The van der Waals surface area contributed by atoms with E-state index in [-0.39, 0.29) is 18.0 Å². The average Bonchev–Trinajstić information content (AvgIpc) is 2.91. The number of aromatic nitrogens is 2. The summed E-state index contributed by atoms with van der Waals surface area (Å²) < 4.78 is 1.55. The number of carbonyl (C=O) groups is 1. The fraction of sp³-hybridized carbons (Fsp3) is 0.467. The van der Waals surface area contributed by atoms with Crippen molar-refractivity contribution in [2.45, 2.75) is 26.3 Å². The number of likely N-dealkylation sites (tertiary alicyclic amines) is 1. The molecule has 1 amide bonds. The maximum Gasteiger partial charge on any atom is 0.251 e. The molecule has 0 aromatic carbocycles. The first-order valence-corrected chi connectivity index (χ1v) is 7.10. The van der Waals surface area contributed by atoms with E-state index in [1.165, 1.54) is 6.07 Å². The van der Waals surface area contributed by atoms with Gasteiger partial charge in [-0.3, -0.25) is 14.2 Å². The van der Waals surface area contributed by atoms with Crippen molar-refractivity contribution in [1.29, 1.82) is 0 Å². The zero-order chi connectivity index (χ0) is 14.1. The van der Waals surface area contributed by atoms with E-state index in [9.17, 15) is 9.59 Å². The lowest BCUT2D eigenvalue weighted by Crippen LogP contribution is -2.41. The average molecular weight is 273 g/mol. The van der Waals surface area contributed by atoms with Gasteiger partial charge in [0.2, 0.25) is 5.91 Å². The highest BCUT2D eigenvalue weighted by Crippen LogP contribution is 2.16. The molecule has 5 heteroatoms. The van der Waals surface area contributed by atoms with E-state index < -0.39 is 0 Å². The fourth-order valence-corrected chi connectivity index (χ4v) is 2.76. The number of hydrogen-bond donors (Lipinski definition) is 1. The molecule has 0 atom stereocenters. The van der Waals surface area contributed by atoms with Gasteiger partial charge in [0.25, 0.3) is 5.56 Å². The lowest BCUT2D eigenvalue weighted by atomic mass is 9.99. The molecule has 2 aromatic heterocycles. The highest BCUT2D eigenvalue weighted by Gasteiger charge is 2.21. The molecule has 0 spiro atoms. The summed E-state index contributed by atoms with van der Waals surface area (Å²) in [6, 6.07) is 5.09. The second-order valence-electron chi connectivity index (χ2n) is 5.60. The largest absolute Gasteiger partial charge is 0.360 e. The van der Waals surface area contributed by atoms with E-state index in [2.05, 4.69) is 11.9 Å². The summed E-state index contributed by atoms with van der Waals surface area (Å²) in [5.41, 5.74) is 1.54. The molecule has 0 aliphatic carbocycles. The number of pyridine rings is 1. The zero-order valence-corrected chi connectivity index (χ0v) is 11.6. The second-order valence-corrected chi connectivity index (χ2v) is 5.60. The van der Waals surface area contributed by atoms with Gasteiger partial charge in [-0.25, -0.2) is 0 Å². The molecule has 0 saturated carbocycles. The highest BCUT2D eigenvalue weighted by molar-refractivity contribution is 5.80. The SMILES string of the molecule is CC1CCN(C(=O)Cn2c(=O)ccc3[nH]ccc32)CC1. The molecule has 0 bridgehead atoms. The summed E-state index contributed by atoms with van der Waals surface area (Å²) >= 11 is 0. The van der Waals surface area contributed by atoms with Crippen molar-refractivity contribution in [2.75, 3.05) is 13.1 Å². The van der Waals surface area contributed by atoms with Gasteiger partial charge in [-0.1, -0.05) is 6.92 Å². The standard InChI is InChI=1S/C15H19N3O2/c1-11-5-8-17(9-6-11)15(20)10-18-13-4-7-16-12(13)2-3-14(18)19/h2-4,7,11,16H,5-6,8-10H2,1H3. The third-order valence-corrected chi connectivity index (χ3v) is 4.14. The van der Waals surface area contributed by atoms with Crippen LogP contribution < -0.4 is 5.56 Å². The summed E-state index contributed by atoms with van der Waals surface area (Å²) in [6.45, 7) is 3.95. The number of rotatable bonds is 2. The molecule has 1 N–H and O–H groups in total. The van der Waals surface area contributed by atoms with E-state index in [0.29, 0.717) is 5.92 Å². The molecule has 5 nitrogen and oxygen atoms in total. The van der Waals surface area contributed by atoms with Gasteiger partial charge >= 0.3 is 0 Å². The van der Waals surface area contributed by atoms with E-state index in [0.717, 1.165) is 37.0 Å². The molecule has 20 heavy (non-hydrogen) atoms. The number of nitrogens with zero attached hydrogens (tertiary/aromatic N) is 2. The van der Waals surface area contributed by atoms with Crippen molar-refractivity contribution in [3.8, 4) is 0 Å². The molecule has 2 aromatic rings. The van der Waals surface area contributed by atoms with E-state index in [4.69, 9.17) is 0 Å². The lowest BCUT2D eigenvalue weighted by molar-refractivity contribution is -0.133. The van der Waals surface area contributed by atoms with Crippen LogP contribution >= 0.6 is 0 Å². The molecule has 1 aliphatic heterocycles. The monoisotopic (exact) mass is 273 g/mol. The fourth-order valence-electron chi connectivity index (χ4n) is 2.76. The number of aromatic amines is 1. The molecular weight excluding hydrogens is 254 g/mol. The third kappa shape index (κ3) is 2.35. The van der Waals surface area contributed by atoms with Gasteiger partial charge in [0.1, 0.15) is 6.54 Å². The first-order chi connectivity index (χ1) is 9.65. The van der Waals surface area contributed by atoms with Crippen LogP contribution in [0.3, 0.4) is 0 Å². The number of nitrogens with one attached hydrogen (secondary N) is 1. The molecule has 3 heterocycles. The number of piperidine rings is 1. The van der Waals surface area contributed by atoms with Gasteiger partial charge < -0.3 is 9.88 Å². The van der Waals surface area contributed by atoms with E-state index in [1.54, 1.807) is 16.8 Å². The molecule has 0 unspecified atom stereocenters. The Morgan fingerprint density at radius 1 is 1.30 bits per heavy atom. The number of amides is 1. The Labute approximate surface area is 117 Å². The molecule has 0 radical (unpaired) electrons. The lowest BCUT2D eigenvalue weighted by Gasteiger charge is -2.30. The molecule has 106 valence electrons. The van der Waals surface area contributed by atoms with Gasteiger partial charge in [0.15, 0.2) is 0 Å². The van der Waals surface area contributed by atoms with Crippen LogP contribution in [0.15, 0.2) is 29.2 Å².